The van der Waals surface area contributed by atoms with Gasteiger partial charge < -0.3 is 5.32 Å². The van der Waals surface area contributed by atoms with E-state index >= 15 is 0 Å². The number of hydrogen-bond donors (Lipinski definition) is 1. The first kappa shape index (κ1) is 13.9. The zero-order chi connectivity index (χ0) is 14.7. The Morgan fingerprint density at radius 2 is 1.90 bits per heavy atom. The standard InChI is InChI=1S/C17H21N3O/c1-13-12-16(18-17(21)14-8-4-2-5-9-14)20(19-13)15-10-6-3-7-11-15/h3,6-7,10-12,14H,2,4-5,8-9H2,1H3,(H,18,21). The zero-order valence-electron chi connectivity index (χ0n) is 12.4. The Hall–Kier alpha value is -2.10. The number of amides is 1. The molecular formula is C17H21N3O. The maximum Gasteiger partial charge on any atom is 0.228 e. The van der Waals surface area contributed by atoms with Gasteiger partial charge in [-0.3, -0.25) is 4.79 Å². The third kappa shape index (κ3) is 3.15. The van der Waals surface area contributed by atoms with Crippen molar-refractivity contribution >= 4 is 11.7 Å². The van der Waals surface area contributed by atoms with Gasteiger partial charge in [0.2, 0.25) is 5.91 Å². The molecule has 2 aromatic rings. The Labute approximate surface area is 125 Å². The van der Waals surface area contributed by atoms with Crippen LogP contribution in [-0.2, 0) is 4.79 Å². The van der Waals surface area contributed by atoms with E-state index in [-0.39, 0.29) is 11.8 Å². The van der Waals surface area contributed by atoms with Crippen LogP contribution in [0.2, 0.25) is 0 Å². The average molecular weight is 283 g/mol. The largest absolute Gasteiger partial charge is 0.310 e. The minimum Gasteiger partial charge on any atom is -0.310 e. The van der Waals surface area contributed by atoms with Crippen LogP contribution in [0.3, 0.4) is 0 Å². The topological polar surface area (TPSA) is 46.9 Å². The van der Waals surface area contributed by atoms with Crippen LogP contribution in [0.5, 0.6) is 0 Å². The van der Waals surface area contributed by atoms with Crippen LogP contribution >= 0.6 is 0 Å². The van der Waals surface area contributed by atoms with Crippen LogP contribution in [0, 0.1) is 12.8 Å². The average Bonchev–Trinajstić information content (AvgIpc) is 2.89. The van der Waals surface area contributed by atoms with E-state index in [2.05, 4.69) is 10.4 Å². The van der Waals surface area contributed by atoms with Crippen molar-refractivity contribution in [1.82, 2.24) is 9.78 Å². The molecule has 0 spiro atoms. The van der Waals surface area contributed by atoms with Crippen LogP contribution in [0.25, 0.3) is 5.69 Å². The summed E-state index contributed by atoms with van der Waals surface area (Å²) in [6, 6.07) is 11.8. The first-order valence-corrected chi connectivity index (χ1v) is 7.67. The summed E-state index contributed by atoms with van der Waals surface area (Å²) in [6.07, 6.45) is 5.59. The van der Waals surface area contributed by atoms with E-state index in [0.717, 1.165) is 42.9 Å². The van der Waals surface area contributed by atoms with Gasteiger partial charge in [0, 0.05) is 12.0 Å². The van der Waals surface area contributed by atoms with Crippen molar-refractivity contribution in [2.24, 2.45) is 5.92 Å². The molecule has 1 fully saturated rings. The van der Waals surface area contributed by atoms with Gasteiger partial charge in [0.15, 0.2) is 0 Å². The van der Waals surface area contributed by atoms with E-state index in [4.69, 9.17) is 0 Å². The lowest BCUT2D eigenvalue weighted by atomic mass is 9.89. The van der Waals surface area contributed by atoms with Crippen molar-refractivity contribution in [3.8, 4) is 5.69 Å². The van der Waals surface area contributed by atoms with Crippen LogP contribution in [0.1, 0.15) is 37.8 Å². The molecule has 0 atom stereocenters. The molecule has 1 aromatic heterocycles. The maximum atomic E-state index is 12.4. The van der Waals surface area contributed by atoms with Gasteiger partial charge in [-0.25, -0.2) is 4.68 Å². The van der Waals surface area contributed by atoms with E-state index in [9.17, 15) is 4.79 Å². The Balaban J connectivity index is 1.81. The summed E-state index contributed by atoms with van der Waals surface area (Å²) >= 11 is 0. The van der Waals surface area contributed by atoms with Gasteiger partial charge in [0.1, 0.15) is 5.82 Å². The van der Waals surface area contributed by atoms with Crippen molar-refractivity contribution in [2.45, 2.75) is 39.0 Å². The molecule has 4 heteroatoms. The molecule has 110 valence electrons. The summed E-state index contributed by atoms with van der Waals surface area (Å²) in [4.78, 5) is 12.4. The second kappa shape index (κ2) is 6.12. The number of benzene rings is 1. The quantitative estimate of drug-likeness (QED) is 0.933. The number of rotatable bonds is 3. The SMILES string of the molecule is Cc1cc(NC(=O)C2CCCCC2)n(-c2ccccc2)n1. The van der Waals surface area contributed by atoms with E-state index < -0.39 is 0 Å². The van der Waals surface area contributed by atoms with Gasteiger partial charge >= 0.3 is 0 Å². The van der Waals surface area contributed by atoms with Gasteiger partial charge in [-0.1, -0.05) is 37.5 Å². The van der Waals surface area contributed by atoms with Crippen molar-refractivity contribution in [1.29, 1.82) is 0 Å². The Morgan fingerprint density at radius 1 is 1.19 bits per heavy atom. The summed E-state index contributed by atoms with van der Waals surface area (Å²) in [6.45, 7) is 1.94. The number of hydrogen-bond acceptors (Lipinski definition) is 2. The first-order chi connectivity index (χ1) is 10.2. The number of nitrogens with one attached hydrogen (secondary N) is 1. The summed E-state index contributed by atoms with van der Waals surface area (Å²) in [5.74, 6) is 1.04. The molecule has 1 saturated carbocycles. The molecule has 3 rings (SSSR count). The minimum atomic E-state index is 0.131. The maximum absolute atomic E-state index is 12.4. The van der Waals surface area contributed by atoms with Gasteiger partial charge in [-0.15, -0.1) is 0 Å². The molecule has 0 saturated heterocycles. The van der Waals surface area contributed by atoms with Crippen LogP contribution in [0.15, 0.2) is 36.4 Å². The summed E-state index contributed by atoms with van der Waals surface area (Å²) in [7, 11) is 0. The smallest absolute Gasteiger partial charge is 0.228 e. The van der Waals surface area contributed by atoms with Crippen molar-refractivity contribution < 1.29 is 4.79 Å². The third-order valence-corrected chi connectivity index (χ3v) is 4.06. The number of aryl methyl sites for hydroxylation is 1. The molecule has 1 aromatic carbocycles. The number of nitrogens with zero attached hydrogens (tertiary/aromatic N) is 2. The van der Waals surface area contributed by atoms with Crippen molar-refractivity contribution in [3.63, 3.8) is 0 Å². The highest BCUT2D eigenvalue weighted by Crippen LogP contribution is 2.25. The highest BCUT2D eigenvalue weighted by Gasteiger charge is 2.22. The Kier molecular flexibility index (Phi) is 4.04. The van der Waals surface area contributed by atoms with E-state index in [1.54, 1.807) is 4.68 Å². The molecule has 0 unspecified atom stereocenters. The molecule has 1 aliphatic rings. The molecule has 0 bridgehead atoms. The van der Waals surface area contributed by atoms with E-state index in [1.807, 2.05) is 43.3 Å². The second-order valence-electron chi connectivity index (χ2n) is 5.74. The molecule has 1 aliphatic carbocycles. The summed E-state index contributed by atoms with van der Waals surface area (Å²) < 4.78 is 1.80. The van der Waals surface area contributed by atoms with Gasteiger partial charge in [-0.05, 0) is 31.9 Å². The zero-order valence-corrected chi connectivity index (χ0v) is 12.4. The predicted molar refractivity (Wildman–Crippen MR) is 83.5 cm³/mol. The summed E-state index contributed by atoms with van der Waals surface area (Å²) in [5, 5.41) is 7.54. The molecule has 0 aliphatic heterocycles. The second-order valence-corrected chi connectivity index (χ2v) is 5.74. The lowest BCUT2D eigenvalue weighted by Crippen LogP contribution is -2.25. The fourth-order valence-corrected chi connectivity index (χ4v) is 2.95. The van der Waals surface area contributed by atoms with E-state index in [1.165, 1.54) is 6.42 Å². The molecule has 1 amide bonds. The number of carbonyl (C=O) groups is 1. The number of para-hydroxylation sites is 1. The highest BCUT2D eigenvalue weighted by molar-refractivity contribution is 5.92. The molecule has 21 heavy (non-hydrogen) atoms. The van der Waals surface area contributed by atoms with Gasteiger partial charge in [-0.2, -0.15) is 5.10 Å². The lowest BCUT2D eigenvalue weighted by Gasteiger charge is -2.20. The fraction of sp³-hybridized carbons (Fsp3) is 0.412. The normalized spacial score (nSPS) is 15.9. The van der Waals surface area contributed by atoms with Crippen LogP contribution in [-0.4, -0.2) is 15.7 Å². The monoisotopic (exact) mass is 283 g/mol. The number of anilines is 1. The van der Waals surface area contributed by atoms with Gasteiger partial charge in [0.05, 0.1) is 11.4 Å². The predicted octanol–water partition coefficient (Wildman–Crippen LogP) is 3.70. The third-order valence-electron chi connectivity index (χ3n) is 4.06. The Bertz CT molecular complexity index is 612. The first-order valence-electron chi connectivity index (χ1n) is 7.67. The molecule has 1 heterocycles. The highest BCUT2D eigenvalue weighted by atomic mass is 16.2. The Morgan fingerprint density at radius 3 is 2.62 bits per heavy atom. The molecule has 1 N–H and O–H groups in total. The van der Waals surface area contributed by atoms with Crippen molar-refractivity contribution in [3.05, 3.63) is 42.1 Å². The van der Waals surface area contributed by atoms with Crippen molar-refractivity contribution in [2.75, 3.05) is 5.32 Å². The minimum absolute atomic E-state index is 0.131. The van der Waals surface area contributed by atoms with Crippen LogP contribution < -0.4 is 5.32 Å². The number of carbonyl (C=O) groups excluding carboxylic acids is 1. The number of aromatic nitrogens is 2. The fourth-order valence-electron chi connectivity index (χ4n) is 2.95. The molecular weight excluding hydrogens is 262 g/mol. The van der Waals surface area contributed by atoms with Gasteiger partial charge in [0.25, 0.3) is 0 Å². The van der Waals surface area contributed by atoms with Crippen LogP contribution in [0.4, 0.5) is 5.82 Å². The van der Waals surface area contributed by atoms with E-state index in [0.29, 0.717) is 0 Å². The molecule has 0 radical (unpaired) electrons. The summed E-state index contributed by atoms with van der Waals surface area (Å²) in [5.41, 5.74) is 1.86. The molecule has 4 nitrogen and oxygen atoms in total. The lowest BCUT2D eigenvalue weighted by molar-refractivity contribution is -0.120.